The van der Waals surface area contributed by atoms with E-state index in [1.807, 2.05) is 41.3 Å². The molecule has 1 saturated heterocycles. The van der Waals surface area contributed by atoms with E-state index in [4.69, 9.17) is 0 Å². The first-order valence-electron chi connectivity index (χ1n) is 6.35. The topological polar surface area (TPSA) is 32.3 Å². The molecule has 18 heavy (non-hydrogen) atoms. The molecule has 2 rings (SSSR count). The van der Waals surface area contributed by atoms with Crippen molar-refractivity contribution in [1.82, 2.24) is 10.2 Å². The lowest BCUT2D eigenvalue weighted by Gasteiger charge is -2.42. The summed E-state index contributed by atoms with van der Waals surface area (Å²) < 4.78 is 0. The van der Waals surface area contributed by atoms with Crippen LogP contribution in [0.2, 0.25) is 0 Å². The molecule has 1 heterocycles. The SMILES string of the molecule is CC1(C)CNCCN1C(=O)C=Cc1ccccc1. The Morgan fingerprint density at radius 3 is 2.72 bits per heavy atom. The zero-order valence-corrected chi connectivity index (χ0v) is 11.0. The van der Waals surface area contributed by atoms with Gasteiger partial charge in [0.15, 0.2) is 0 Å². The lowest BCUT2D eigenvalue weighted by Crippen LogP contribution is -2.59. The molecule has 1 N–H and O–H groups in total. The largest absolute Gasteiger partial charge is 0.331 e. The number of carbonyl (C=O) groups is 1. The summed E-state index contributed by atoms with van der Waals surface area (Å²) in [6.07, 6.45) is 3.54. The Kier molecular flexibility index (Phi) is 3.82. The van der Waals surface area contributed by atoms with Gasteiger partial charge in [-0.3, -0.25) is 4.79 Å². The maximum absolute atomic E-state index is 12.2. The van der Waals surface area contributed by atoms with Crippen molar-refractivity contribution in [2.75, 3.05) is 19.6 Å². The van der Waals surface area contributed by atoms with Gasteiger partial charge in [-0.25, -0.2) is 0 Å². The minimum absolute atomic E-state index is 0.0883. The molecule has 0 radical (unpaired) electrons. The number of hydrogen-bond acceptors (Lipinski definition) is 2. The summed E-state index contributed by atoms with van der Waals surface area (Å²) in [6.45, 7) is 6.66. The molecule has 0 saturated carbocycles. The third-order valence-electron chi connectivity index (χ3n) is 3.28. The van der Waals surface area contributed by atoms with Crippen LogP contribution in [0.3, 0.4) is 0 Å². The highest BCUT2D eigenvalue weighted by atomic mass is 16.2. The summed E-state index contributed by atoms with van der Waals surface area (Å²) in [6, 6.07) is 9.90. The van der Waals surface area contributed by atoms with Crippen LogP contribution in [0, 0.1) is 0 Å². The number of benzene rings is 1. The minimum atomic E-state index is -0.115. The number of carbonyl (C=O) groups excluding carboxylic acids is 1. The van der Waals surface area contributed by atoms with Crippen molar-refractivity contribution in [3.8, 4) is 0 Å². The highest BCUT2D eigenvalue weighted by Crippen LogP contribution is 2.17. The summed E-state index contributed by atoms with van der Waals surface area (Å²) in [5.41, 5.74) is 0.940. The van der Waals surface area contributed by atoms with Crippen LogP contribution >= 0.6 is 0 Å². The Bertz CT molecular complexity index is 437. The number of rotatable bonds is 2. The van der Waals surface area contributed by atoms with E-state index in [-0.39, 0.29) is 11.4 Å². The van der Waals surface area contributed by atoms with E-state index in [9.17, 15) is 4.79 Å². The summed E-state index contributed by atoms with van der Waals surface area (Å²) in [4.78, 5) is 14.1. The van der Waals surface area contributed by atoms with E-state index in [1.54, 1.807) is 6.08 Å². The molecule has 0 unspecified atom stereocenters. The van der Waals surface area contributed by atoms with E-state index in [2.05, 4.69) is 19.2 Å². The van der Waals surface area contributed by atoms with Gasteiger partial charge in [-0.1, -0.05) is 30.3 Å². The number of nitrogens with zero attached hydrogens (tertiary/aromatic N) is 1. The smallest absolute Gasteiger partial charge is 0.247 e. The number of nitrogens with one attached hydrogen (secondary N) is 1. The Balaban J connectivity index is 2.05. The second-order valence-corrected chi connectivity index (χ2v) is 5.22. The van der Waals surface area contributed by atoms with Crippen LogP contribution in [0.5, 0.6) is 0 Å². The van der Waals surface area contributed by atoms with Gasteiger partial charge in [0.2, 0.25) is 5.91 Å². The van der Waals surface area contributed by atoms with Gasteiger partial charge in [-0.05, 0) is 25.5 Å². The number of hydrogen-bond donors (Lipinski definition) is 1. The summed E-state index contributed by atoms with van der Waals surface area (Å²) in [5.74, 6) is 0.0883. The van der Waals surface area contributed by atoms with Crippen LogP contribution < -0.4 is 5.32 Å². The van der Waals surface area contributed by atoms with Crippen LogP contribution in [-0.4, -0.2) is 36.0 Å². The molecule has 1 aromatic rings. The van der Waals surface area contributed by atoms with E-state index in [0.717, 1.165) is 25.2 Å². The molecule has 96 valence electrons. The van der Waals surface area contributed by atoms with Gasteiger partial charge < -0.3 is 10.2 Å². The highest BCUT2D eigenvalue weighted by Gasteiger charge is 2.31. The zero-order chi connectivity index (χ0) is 13.0. The van der Waals surface area contributed by atoms with Crippen LogP contribution in [0.4, 0.5) is 0 Å². The molecule has 3 heteroatoms. The number of amides is 1. The quantitative estimate of drug-likeness (QED) is 0.806. The van der Waals surface area contributed by atoms with E-state index in [1.165, 1.54) is 0 Å². The van der Waals surface area contributed by atoms with Gasteiger partial charge in [0.05, 0.1) is 5.54 Å². The maximum atomic E-state index is 12.2. The number of piperazine rings is 1. The first-order valence-corrected chi connectivity index (χ1v) is 6.35. The van der Waals surface area contributed by atoms with Crippen LogP contribution in [-0.2, 0) is 4.79 Å². The highest BCUT2D eigenvalue weighted by molar-refractivity contribution is 5.92. The van der Waals surface area contributed by atoms with Gasteiger partial charge in [0.1, 0.15) is 0 Å². The monoisotopic (exact) mass is 244 g/mol. The van der Waals surface area contributed by atoms with Gasteiger partial charge in [0, 0.05) is 25.7 Å². The Labute approximate surface area is 108 Å². The average molecular weight is 244 g/mol. The van der Waals surface area contributed by atoms with Crippen LogP contribution in [0.25, 0.3) is 6.08 Å². The third kappa shape index (κ3) is 2.99. The fourth-order valence-corrected chi connectivity index (χ4v) is 2.21. The first-order chi connectivity index (χ1) is 8.59. The van der Waals surface area contributed by atoms with Crippen molar-refractivity contribution in [2.24, 2.45) is 0 Å². The average Bonchev–Trinajstić information content (AvgIpc) is 2.37. The zero-order valence-electron chi connectivity index (χ0n) is 11.0. The van der Waals surface area contributed by atoms with Crippen LogP contribution in [0.1, 0.15) is 19.4 Å². The van der Waals surface area contributed by atoms with Crippen molar-refractivity contribution in [1.29, 1.82) is 0 Å². The molecule has 1 fully saturated rings. The van der Waals surface area contributed by atoms with Crippen molar-refractivity contribution in [3.05, 3.63) is 42.0 Å². The van der Waals surface area contributed by atoms with Gasteiger partial charge in [-0.15, -0.1) is 0 Å². The normalized spacial score (nSPS) is 19.1. The molecule has 0 bridgehead atoms. The molecule has 1 aliphatic rings. The predicted octanol–water partition coefficient (Wildman–Crippen LogP) is 1.91. The van der Waals surface area contributed by atoms with Crippen molar-refractivity contribution in [2.45, 2.75) is 19.4 Å². The molecule has 1 aromatic carbocycles. The Morgan fingerprint density at radius 2 is 2.06 bits per heavy atom. The predicted molar refractivity (Wildman–Crippen MR) is 74.1 cm³/mol. The molecule has 0 aliphatic carbocycles. The Morgan fingerprint density at radius 1 is 1.33 bits per heavy atom. The molecule has 0 spiro atoms. The van der Waals surface area contributed by atoms with Crippen molar-refractivity contribution < 1.29 is 4.79 Å². The summed E-state index contributed by atoms with van der Waals surface area (Å²) in [5, 5.41) is 3.32. The fraction of sp³-hybridized carbons (Fsp3) is 0.400. The molecule has 0 atom stereocenters. The van der Waals surface area contributed by atoms with Gasteiger partial charge >= 0.3 is 0 Å². The van der Waals surface area contributed by atoms with Gasteiger partial charge in [0.25, 0.3) is 0 Å². The lowest BCUT2D eigenvalue weighted by atomic mass is 10.00. The van der Waals surface area contributed by atoms with E-state index < -0.39 is 0 Å². The van der Waals surface area contributed by atoms with E-state index in [0.29, 0.717) is 0 Å². The third-order valence-corrected chi connectivity index (χ3v) is 3.28. The molecule has 1 aliphatic heterocycles. The summed E-state index contributed by atoms with van der Waals surface area (Å²) >= 11 is 0. The minimum Gasteiger partial charge on any atom is -0.331 e. The second kappa shape index (κ2) is 5.36. The van der Waals surface area contributed by atoms with Crippen molar-refractivity contribution in [3.63, 3.8) is 0 Å². The fourth-order valence-electron chi connectivity index (χ4n) is 2.21. The molecular weight excluding hydrogens is 224 g/mol. The van der Waals surface area contributed by atoms with Crippen molar-refractivity contribution >= 4 is 12.0 Å². The summed E-state index contributed by atoms with van der Waals surface area (Å²) in [7, 11) is 0. The van der Waals surface area contributed by atoms with Crippen LogP contribution in [0.15, 0.2) is 36.4 Å². The molecule has 1 amide bonds. The standard InChI is InChI=1S/C15H20N2O/c1-15(2)12-16-10-11-17(15)14(18)9-8-13-6-4-3-5-7-13/h3-9,16H,10-12H2,1-2H3. The Hall–Kier alpha value is -1.61. The van der Waals surface area contributed by atoms with E-state index >= 15 is 0 Å². The maximum Gasteiger partial charge on any atom is 0.247 e. The molecule has 0 aromatic heterocycles. The van der Waals surface area contributed by atoms with Gasteiger partial charge in [-0.2, -0.15) is 0 Å². The molecule has 3 nitrogen and oxygen atoms in total. The molecular formula is C15H20N2O. The first kappa shape index (κ1) is 12.8. The second-order valence-electron chi connectivity index (χ2n) is 5.22. The lowest BCUT2D eigenvalue weighted by molar-refractivity contribution is -0.132.